The fourth-order valence-corrected chi connectivity index (χ4v) is 1.72. The first-order valence-corrected chi connectivity index (χ1v) is 6.08. The highest BCUT2D eigenvalue weighted by Crippen LogP contribution is 2.14. The lowest BCUT2D eigenvalue weighted by Crippen LogP contribution is -2.32. The Morgan fingerprint density at radius 2 is 2.21 bits per heavy atom. The summed E-state index contributed by atoms with van der Waals surface area (Å²) in [5.74, 6) is -1.30. The van der Waals surface area contributed by atoms with E-state index in [-0.39, 0.29) is 18.0 Å². The Labute approximate surface area is 112 Å². The van der Waals surface area contributed by atoms with Crippen molar-refractivity contribution >= 4 is 5.97 Å². The van der Waals surface area contributed by atoms with Crippen molar-refractivity contribution < 1.29 is 14.3 Å². The van der Waals surface area contributed by atoms with Crippen molar-refractivity contribution in [1.82, 2.24) is 4.90 Å². The monoisotopic (exact) mass is 264 g/mol. The second-order valence-electron chi connectivity index (χ2n) is 4.63. The van der Waals surface area contributed by atoms with Gasteiger partial charge in [0.1, 0.15) is 5.82 Å². The molecule has 0 bridgehead atoms. The Bertz CT molecular complexity index is 495. The van der Waals surface area contributed by atoms with Gasteiger partial charge in [0, 0.05) is 24.7 Å². The zero-order chi connectivity index (χ0) is 14.4. The van der Waals surface area contributed by atoms with Crippen molar-refractivity contribution in [1.29, 1.82) is 5.26 Å². The average molecular weight is 264 g/mol. The third-order valence-corrected chi connectivity index (χ3v) is 2.90. The molecule has 1 rings (SSSR count). The van der Waals surface area contributed by atoms with Crippen LogP contribution in [0.5, 0.6) is 0 Å². The summed E-state index contributed by atoms with van der Waals surface area (Å²) >= 11 is 0. The first kappa shape index (κ1) is 15.1. The molecule has 1 N–H and O–H groups in total. The van der Waals surface area contributed by atoms with Crippen LogP contribution in [-0.2, 0) is 11.3 Å². The normalized spacial score (nSPS) is 10.7. The summed E-state index contributed by atoms with van der Waals surface area (Å²) < 4.78 is 13.8. The van der Waals surface area contributed by atoms with E-state index in [1.807, 2.05) is 24.8 Å². The SMILES string of the molecule is CC(C)N(CCC(=O)O)Cc1ccc(C#N)cc1F. The predicted molar refractivity (Wildman–Crippen MR) is 68.9 cm³/mol. The van der Waals surface area contributed by atoms with Crippen molar-refractivity contribution in [3.05, 3.63) is 35.1 Å². The fraction of sp³-hybridized carbons (Fsp3) is 0.429. The van der Waals surface area contributed by atoms with Crippen LogP contribution in [0.3, 0.4) is 0 Å². The van der Waals surface area contributed by atoms with E-state index < -0.39 is 11.8 Å². The maximum absolute atomic E-state index is 13.8. The smallest absolute Gasteiger partial charge is 0.304 e. The molecule has 0 radical (unpaired) electrons. The van der Waals surface area contributed by atoms with E-state index in [0.29, 0.717) is 18.7 Å². The molecule has 1 aromatic rings. The summed E-state index contributed by atoms with van der Waals surface area (Å²) in [6, 6.07) is 6.34. The Balaban J connectivity index is 2.79. The number of nitrogens with zero attached hydrogens (tertiary/aromatic N) is 2. The van der Waals surface area contributed by atoms with Gasteiger partial charge in [0.25, 0.3) is 0 Å². The Hall–Kier alpha value is -1.93. The summed E-state index contributed by atoms with van der Waals surface area (Å²) in [6.07, 6.45) is 0.0239. The molecular formula is C14H17FN2O2. The molecule has 0 spiro atoms. The number of nitriles is 1. The highest BCUT2D eigenvalue weighted by Gasteiger charge is 2.14. The van der Waals surface area contributed by atoms with Crippen molar-refractivity contribution in [2.45, 2.75) is 32.9 Å². The average Bonchev–Trinajstić information content (AvgIpc) is 2.35. The molecule has 0 aromatic heterocycles. The standard InChI is InChI=1S/C14H17FN2O2/c1-10(2)17(6-5-14(18)19)9-12-4-3-11(8-16)7-13(12)15/h3-4,7,10H,5-6,9H2,1-2H3,(H,18,19). The van der Waals surface area contributed by atoms with E-state index in [1.165, 1.54) is 6.07 Å². The molecule has 102 valence electrons. The van der Waals surface area contributed by atoms with E-state index in [0.717, 1.165) is 0 Å². The molecule has 0 aliphatic heterocycles. The highest BCUT2D eigenvalue weighted by molar-refractivity contribution is 5.66. The number of rotatable bonds is 6. The van der Waals surface area contributed by atoms with Crippen LogP contribution in [-0.4, -0.2) is 28.6 Å². The van der Waals surface area contributed by atoms with Crippen LogP contribution in [0.4, 0.5) is 4.39 Å². The van der Waals surface area contributed by atoms with Crippen molar-refractivity contribution in [2.24, 2.45) is 0 Å². The van der Waals surface area contributed by atoms with Crippen LogP contribution in [0, 0.1) is 17.1 Å². The molecular weight excluding hydrogens is 247 g/mol. The topological polar surface area (TPSA) is 64.3 Å². The number of benzene rings is 1. The van der Waals surface area contributed by atoms with Crippen molar-refractivity contribution in [2.75, 3.05) is 6.54 Å². The lowest BCUT2D eigenvalue weighted by atomic mass is 10.1. The van der Waals surface area contributed by atoms with E-state index in [9.17, 15) is 9.18 Å². The van der Waals surface area contributed by atoms with Crippen LogP contribution in [0.25, 0.3) is 0 Å². The minimum atomic E-state index is -0.869. The number of hydrogen-bond donors (Lipinski definition) is 1. The second kappa shape index (κ2) is 6.86. The van der Waals surface area contributed by atoms with Crippen LogP contribution in [0.2, 0.25) is 0 Å². The predicted octanol–water partition coefficient (Wildman–Crippen LogP) is 2.38. The Morgan fingerprint density at radius 3 is 2.68 bits per heavy atom. The van der Waals surface area contributed by atoms with Gasteiger partial charge in [-0.05, 0) is 26.0 Å². The quantitative estimate of drug-likeness (QED) is 0.856. The number of carboxylic acids is 1. The van der Waals surface area contributed by atoms with Gasteiger partial charge >= 0.3 is 5.97 Å². The van der Waals surface area contributed by atoms with Gasteiger partial charge in [-0.1, -0.05) is 6.07 Å². The molecule has 1 aromatic carbocycles. The molecule has 0 heterocycles. The Morgan fingerprint density at radius 1 is 1.53 bits per heavy atom. The molecule has 5 heteroatoms. The number of hydrogen-bond acceptors (Lipinski definition) is 3. The van der Waals surface area contributed by atoms with Gasteiger partial charge in [-0.25, -0.2) is 4.39 Å². The van der Waals surface area contributed by atoms with Crippen molar-refractivity contribution in [3.63, 3.8) is 0 Å². The fourth-order valence-electron chi connectivity index (χ4n) is 1.72. The number of halogens is 1. The maximum atomic E-state index is 13.8. The van der Waals surface area contributed by atoms with Crippen LogP contribution < -0.4 is 0 Å². The zero-order valence-corrected chi connectivity index (χ0v) is 11.1. The van der Waals surface area contributed by atoms with Gasteiger partial charge in [0.2, 0.25) is 0 Å². The minimum absolute atomic E-state index is 0.0239. The third kappa shape index (κ3) is 4.68. The molecule has 0 amide bonds. The van der Waals surface area contributed by atoms with Crippen molar-refractivity contribution in [3.8, 4) is 6.07 Å². The van der Waals surface area contributed by atoms with Crippen LogP contribution in [0.15, 0.2) is 18.2 Å². The molecule has 0 fully saturated rings. The van der Waals surface area contributed by atoms with Gasteiger partial charge in [0.15, 0.2) is 0 Å². The van der Waals surface area contributed by atoms with Gasteiger partial charge in [0.05, 0.1) is 18.1 Å². The summed E-state index contributed by atoms with van der Waals surface area (Å²) in [4.78, 5) is 12.5. The van der Waals surface area contributed by atoms with E-state index >= 15 is 0 Å². The van der Waals surface area contributed by atoms with Gasteiger partial charge in [-0.15, -0.1) is 0 Å². The summed E-state index contributed by atoms with van der Waals surface area (Å²) in [7, 11) is 0. The highest BCUT2D eigenvalue weighted by atomic mass is 19.1. The van der Waals surface area contributed by atoms with E-state index in [1.54, 1.807) is 12.1 Å². The van der Waals surface area contributed by atoms with Gasteiger partial charge in [-0.2, -0.15) is 5.26 Å². The summed E-state index contributed by atoms with van der Waals surface area (Å²) in [5.41, 5.74) is 0.751. The number of carboxylic acid groups (broad SMARTS) is 1. The lowest BCUT2D eigenvalue weighted by molar-refractivity contribution is -0.137. The summed E-state index contributed by atoms with van der Waals surface area (Å²) in [5, 5.41) is 17.4. The molecule has 19 heavy (non-hydrogen) atoms. The Kier molecular flexibility index (Phi) is 5.46. The van der Waals surface area contributed by atoms with E-state index in [2.05, 4.69) is 0 Å². The maximum Gasteiger partial charge on any atom is 0.304 e. The molecule has 0 saturated carbocycles. The van der Waals surface area contributed by atoms with Gasteiger partial charge in [-0.3, -0.25) is 9.69 Å². The number of aliphatic carboxylic acids is 1. The van der Waals surface area contributed by atoms with Gasteiger partial charge < -0.3 is 5.11 Å². The lowest BCUT2D eigenvalue weighted by Gasteiger charge is -2.26. The first-order valence-electron chi connectivity index (χ1n) is 6.08. The molecule has 0 unspecified atom stereocenters. The molecule has 0 aliphatic carbocycles. The number of carbonyl (C=O) groups is 1. The molecule has 0 atom stereocenters. The largest absolute Gasteiger partial charge is 0.481 e. The minimum Gasteiger partial charge on any atom is -0.481 e. The first-order chi connectivity index (χ1) is 8.93. The zero-order valence-electron chi connectivity index (χ0n) is 11.1. The van der Waals surface area contributed by atoms with Crippen LogP contribution in [0.1, 0.15) is 31.4 Å². The van der Waals surface area contributed by atoms with Crippen LogP contribution >= 0.6 is 0 Å². The molecule has 0 aliphatic rings. The summed E-state index contributed by atoms with van der Waals surface area (Å²) in [6.45, 7) is 4.57. The molecule has 4 nitrogen and oxygen atoms in total. The van der Waals surface area contributed by atoms with E-state index in [4.69, 9.17) is 10.4 Å². The second-order valence-corrected chi connectivity index (χ2v) is 4.63. The molecule has 0 saturated heterocycles. The third-order valence-electron chi connectivity index (χ3n) is 2.90.